The molecule has 1 amide bonds. The summed E-state index contributed by atoms with van der Waals surface area (Å²) in [5.74, 6) is 1.13. The van der Waals surface area contributed by atoms with Crippen LogP contribution in [0.4, 0.5) is 5.69 Å². The molecule has 1 aromatic rings. The second-order valence-electron chi connectivity index (χ2n) is 6.65. The van der Waals surface area contributed by atoms with Crippen molar-refractivity contribution in [2.45, 2.75) is 38.8 Å². The van der Waals surface area contributed by atoms with Gasteiger partial charge in [-0.3, -0.25) is 4.79 Å². The van der Waals surface area contributed by atoms with Gasteiger partial charge in [0.15, 0.2) is 11.5 Å². The summed E-state index contributed by atoms with van der Waals surface area (Å²) in [6.45, 7) is 7.56. The maximum atomic E-state index is 12.7. The standard InChI is InChI=1S/C17H24N2O4.ClH/c1-4-21-14-10-17(18,16(14,2)3)15(20)19-11-5-6-12-13(9-11)23-8-7-22-12;/h5-6,9,14H,4,7-8,10,18H2,1-3H3,(H,19,20);1H. The summed E-state index contributed by atoms with van der Waals surface area (Å²) in [7, 11) is 0. The Balaban J connectivity index is 0.00000208. The summed E-state index contributed by atoms with van der Waals surface area (Å²) in [6, 6.07) is 5.35. The second-order valence-corrected chi connectivity index (χ2v) is 6.65. The molecule has 0 bridgehead atoms. The molecule has 1 saturated carbocycles. The summed E-state index contributed by atoms with van der Waals surface area (Å²) < 4.78 is 16.7. The SMILES string of the molecule is CCOC1CC(N)(C(=O)Nc2ccc3c(c2)OCCO3)C1(C)C.Cl. The highest BCUT2D eigenvalue weighted by Crippen LogP contribution is 2.50. The number of ether oxygens (including phenoxy) is 3. The van der Waals surface area contributed by atoms with Gasteiger partial charge in [-0.25, -0.2) is 0 Å². The average Bonchev–Trinajstić information content (AvgIpc) is 2.54. The fourth-order valence-corrected chi connectivity index (χ4v) is 3.18. The number of carbonyl (C=O) groups is 1. The zero-order chi connectivity index (χ0) is 16.7. The van der Waals surface area contributed by atoms with Crippen LogP contribution in [-0.4, -0.2) is 37.4 Å². The van der Waals surface area contributed by atoms with Crippen molar-refractivity contribution in [2.75, 3.05) is 25.1 Å². The molecule has 1 aliphatic heterocycles. The van der Waals surface area contributed by atoms with Gasteiger partial charge in [0.25, 0.3) is 0 Å². The Hall–Kier alpha value is -1.50. The molecule has 2 atom stereocenters. The van der Waals surface area contributed by atoms with E-state index < -0.39 is 11.0 Å². The number of carbonyl (C=O) groups excluding carboxylic acids is 1. The van der Waals surface area contributed by atoms with E-state index in [2.05, 4.69) is 5.32 Å². The second kappa shape index (κ2) is 6.78. The van der Waals surface area contributed by atoms with E-state index in [1.807, 2.05) is 20.8 Å². The zero-order valence-electron chi connectivity index (χ0n) is 14.3. The van der Waals surface area contributed by atoms with Gasteiger partial charge in [0.1, 0.15) is 18.8 Å². The van der Waals surface area contributed by atoms with Crippen LogP contribution in [0.15, 0.2) is 18.2 Å². The monoisotopic (exact) mass is 356 g/mol. The number of nitrogens with one attached hydrogen (secondary N) is 1. The lowest BCUT2D eigenvalue weighted by Crippen LogP contribution is -2.74. The van der Waals surface area contributed by atoms with Crippen molar-refractivity contribution >= 4 is 24.0 Å². The topological polar surface area (TPSA) is 82.8 Å². The van der Waals surface area contributed by atoms with Crippen LogP contribution in [0, 0.1) is 5.41 Å². The maximum Gasteiger partial charge on any atom is 0.245 e. The number of anilines is 1. The molecule has 2 unspecified atom stereocenters. The maximum absolute atomic E-state index is 12.7. The van der Waals surface area contributed by atoms with Gasteiger partial charge in [0.05, 0.1) is 6.10 Å². The minimum atomic E-state index is -0.944. The van der Waals surface area contributed by atoms with Crippen LogP contribution >= 0.6 is 12.4 Å². The number of hydrogen-bond donors (Lipinski definition) is 2. The molecule has 1 heterocycles. The lowest BCUT2D eigenvalue weighted by molar-refractivity contribution is -0.166. The number of rotatable bonds is 4. The Morgan fingerprint density at radius 2 is 2.00 bits per heavy atom. The summed E-state index contributed by atoms with van der Waals surface area (Å²) in [6.07, 6.45) is 0.521. The number of hydrogen-bond acceptors (Lipinski definition) is 5. The van der Waals surface area contributed by atoms with E-state index in [4.69, 9.17) is 19.9 Å². The summed E-state index contributed by atoms with van der Waals surface area (Å²) >= 11 is 0. The molecule has 3 rings (SSSR count). The minimum Gasteiger partial charge on any atom is -0.486 e. The highest BCUT2D eigenvalue weighted by atomic mass is 35.5. The number of amides is 1. The molecule has 1 fully saturated rings. The number of halogens is 1. The van der Waals surface area contributed by atoms with E-state index in [0.29, 0.717) is 43.4 Å². The molecular formula is C17H25ClN2O4. The van der Waals surface area contributed by atoms with Gasteiger partial charge in [0.2, 0.25) is 5.91 Å². The Morgan fingerprint density at radius 3 is 2.62 bits per heavy atom. The van der Waals surface area contributed by atoms with Gasteiger partial charge in [-0.1, -0.05) is 13.8 Å². The molecule has 0 spiro atoms. The first kappa shape index (κ1) is 18.8. The average molecular weight is 357 g/mol. The third-order valence-electron chi connectivity index (χ3n) is 5.04. The number of fused-ring (bicyclic) bond motifs is 1. The third-order valence-corrected chi connectivity index (χ3v) is 5.04. The van der Waals surface area contributed by atoms with E-state index in [9.17, 15) is 4.79 Å². The van der Waals surface area contributed by atoms with E-state index in [1.165, 1.54) is 0 Å². The minimum absolute atomic E-state index is 0. The van der Waals surface area contributed by atoms with Crippen LogP contribution in [0.1, 0.15) is 27.2 Å². The Kier molecular flexibility index (Phi) is 5.32. The first-order valence-electron chi connectivity index (χ1n) is 8.00. The molecule has 134 valence electrons. The molecule has 0 aromatic heterocycles. The zero-order valence-corrected chi connectivity index (χ0v) is 15.1. The van der Waals surface area contributed by atoms with Crippen LogP contribution < -0.4 is 20.5 Å². The molecule has 7 heteroatoms. The molecule has 2 aliphatic rings. The number of benzene rings is 1. The van der Waals surface area contributed by atoms with Crippen molar-refractivity contribution in [2.24, 2.45) is 11.1 Å². The summed E-state index contributed by atoms with van der Waals surface area (Å²) in [4.78, 5) is 12.7. The van der Waals surface area contributed by atoms with Crippen molar-refractivity contribution in [3.8, 4) is 11.5 Å². The van der Waals surface area contributed by atoms with Gasteiger partial charge in [-0.2, -0.15) is 0 Å². The van der Waals surface area contributed by atoms with Crippen LogP contribution in [0.2, 0.25) is 0 Å². The molecule has 24 heavy (non-hydrogen) atoms. The van der Waals surface area contributed by atoms with Crippen molar-refractivity contribution in [3.63, 3.8) is 0 Å². The Morgan fingerprint density at radius 1 is 1.33 bits per heavy atom. The predicted octanol–water partition coefficient (Wildman–Crippen LogP) is 2.35. The lowest BCUT2D eigenvalue weighted by atomic mass is 9.54. The Labute approximate surface area is 148 Å². The normalized spacial score (nSPS) is 26.8. The summed E-state index contributed by atoms with van der Waals surface area (Å²) in [5, 5.41) is 2.90. The molecule has 0 saturated heterocycles. The van der Waals surface area contributed by atoms with Gasteiger partial charge in [0, 0.05) is 30.2 Å². The molecule has 1 aromatic carbocycles. The van der Waals surface area contributed by atoms with Crippen LogP contribution in [0.3, 0.4) is 0 Å². The first-order chi connectivity index (χ1) is 10.9. The fourth-order valence-electron chi connectivity index (χ4n) is 3.18. The first-order valence-corrected chi connectivity index (χ1v) is 8.00. The van der Waals surface area contributed by atoms with Gasteiger partial charge >= 0.3 is 0 Å². The van der Waals surface area contributed by atoms with Crippen molar-refractivity contribution in [1.82, 2.24) is 0 Å². The highest BCUT2D eigenvalue weighted by Gasteiger charge is 2.62. The van der Waals surface area contributed by atoms with Crippen LogP contribution in [-0.2, 0) is 9.53 Å². The molecule has 0 radical (unpaired) electrons. The van der Waals surface area contributed by atoms with Gasteiger partial charge in [-0.15, -0.1) is 12.4 Å². The fraction of sp³-hybridized carbons (Fsp3) is 0.588. The highest BCUT2D eigenvalue weighted by molar-refractivity contribution is 6.00. The number of nitrogens with two attached hydrogens (primary N) is 1. The smallest absolute Gasteiger partial charge is 0.245 e. The Bertz CT molecular complexity index is 623. The van der Waals surface area contributed by atoms with Gasteiger partial charge < -0.3 is 25.3 Å². The predicted molar refractivity (Wildman–Crippen MR) is 94.0 cm³/mol. The molecular weight excluding hydrogens is 332 g/mol. The van der Waals surface area contributed by atoms with Crippen molar-refractivity contribution in [3.05, 3.63) is 18.2 Å². The van der Waals surface area contributed by atoms with Crippen LogP contribution in [0.5, 0.6) is 11.5 Å². The van der Waals surface area contributed by atoms with E-state index in [1.54, 1.807) is 18.2 Å². The quantitative estimate of drug-likeness (QED) is 0.865. The van der Waals surface area contributed by atoms with E-state index >= 15 is 0 Å². The largest absolute Gasteiger partial charge is 0.486 e. The molecule has 1 aliphatic carbocycles. The lowest BCUT2D eigenvalue weighted by Gasteiger charge is -2.57. The van der Waals surface area contributed by atoms with Crippen LogP contribution in [0.25, 0.3) is 0 Å². The molecule has 6 nitrogen and oxygen atoms in total. The third kappa shape index (κ3) is 2.94. The van der Waals surface area contributed by atoms with Crippen molar-refractivity contribution < 1.29 is 19.0 Å². The van der Waals surface area contributed by atoms with E-state index in [0.717, 1.165) is 0 Å². The summed E-state index contributed by atoms with van der Waals surface area (Å²) in [5.41, 5.74) is 5.67. The van der Waals surface area contributed by atoms with Crippen molar-refractivity contribution in [1.29, 1.82) is 0 Å². The van der Waals surface area contributed by atoms with Gasteiger partial charge in [-0.05, 0) is 19.1 Å². The molecule has 3 N–H and O–H groups in total. The van der Waals surface area contributed by atoms with E-state index in [-0.39, 0.29) is 24.4 Å².